The molecule has 0 radical (unpaired) electrons. The minimum absolute atomic E-state index is 0.0941. The van der Waals surface area contributed by atoms with E-state index in [1.165, 1.54) is 12.1 Å². The summed E-state index contributed by atoms with van der Waals surface area (Å²) in [5.74, 6) is 0.746. The minimum atomic E-state index is -0.727. The number of anilines is 2. The van der Waals surface area contributed by atoms with Gasteiger partial charge in [0.1, 0.15) is 11.4 Å². The molecule has 0 aromatic heterocycles. The zero-order chi connectivity index (χ0) is 18.2. The first-order chi connectivity index (χ1) is 12.0. The number of amides is 1. The maximum Gasteiger partial charge on any atom is 0.411 e. The second kappa shape index (κ2) is 8.53. The molecule has 2 rings (SSSR count). The van der Waals surface area contributed by atoms with Gasteiger partial charge in [-0.25, -0.2) is 4.79 Å². The van der Waals surface area contributed by atoms with E-state index < -0.39 is 11.0 Å². The Kier molecular flexibility index (Phi) is 6.16. The molecule has 0 heterocycles. The van der Waals surface area contributed by atoms with Gasteiger partial charge in [0.15, 0.2) is 0 Å². The van der Waals surface area contributed by atoms with Crippen LogP contribution in [0.15, 0.2) is 42.5 Å². The Labute approximate surface area is 144 Å². The predicted molar refractivity (Wildman–Crippen MR) is 94.1 cm³/mol. The molecule has 0 fully saturated rings. The third-order valence-electron chi connectivity index (χ3n) is 3.36. The first-order valence-electron chi connectivity index (χ1n) is 7.62. The monoisotopic (exact) mass is 345 g/mol. The van der Waals surface area contributed by atoms with E-state index in [1.54, 1.807) is 20.1 Å². The van der Waals surface area contributed by atoms with Crippen LogP contribution in [0.2, 0.25) is 0 Å². The molecular weight excluding hydrogens is 326 g/mol. The summed E-state index contributed by atoms with van der Waals surface area (Å²) < 4.78 is 9.83. The Hall–Kier alpha value is -3.29. The number of ether oxygens (including phenoxy) is 2. The fourth-order valence-corrected chi connectivity index (χ4v) is 2.13. The van der Waals surface area contributed by atoms with Crippen molar-refractivity contribution in [1.29, 1.82) is 0 Å². The van der Waals surface area contributed by atoms with Gasteiger partial charge >= 0.3 is 6.09 Å². The fraction of sp³-hybridized carbons (Fsp3) is 0.235. The highest BCUT2D eigenvalue weighted by Gasteiger charge is 2.17. The van der Waals surface area contributed by atoms with E-state index in [2.05, 4.69) is 10.6 Å². The number of carbonyl (C=O) groups excluding carboxylic acids is 1. The first kappa shape index (κ1) is 18.1. The third-order valence-corrected chi connectivity index (χ3v) is 3.36. The van der Waals surface area contributed by atoms with Gasteiger partial charge in [-0.2, -0.15) is 0 Å². The molecule has 2 aromatic carbocycles. The van der Waals surface area contributed by atoms with Gasteiger partial charge in [0, 0.05) is 18.3 Å². The maximum absolute atomic E-state index is 11.5. The van der Waals surface area contributed by atoms with Crippen LogP contribution in [0.3, 0.4) is 0 Å². The van der Waals surface area contributed by atoms with E-state index in [4.69, 9.17) is 9.47 Å². The first-order valence-corrected chi connectivity index (χ1v) is 7.62. The molecule has 132 valence electrons. The van der Waals surface area contributed by atoms with Crippen molar-refractivity contribution in [3.63, 3.8) is 0 Å². The average molecular weight is 345 g/mol. The Balaban J connectivity index is 2.09. The highest BCUT2D eigenvalue weighted by molar-refractivity contribution is 5.87. The largest absolute Gasteiger partial charge is 0.497 e. The molecule has 0 saturated carbocycles. The van der Waals surface area contributed by atoms with E-state index in [0.29, 0.717) is 12.1 Å². The maximum atomic E-state index is 11.5. The molecule has 2 N–H and O–H groups in total. The highest BCUT2D eigenvalue weighted by atomic mass is 16.6. The van der Waals surface area contributed by atoms with Crippen molar-refractivity contribution in [3.05, 3.63) is 58.1 Å². The summed E-state index contributed by atoms with van der Waals surface area (Å²) in [5, 5.41) is 16.8. The SMILES string of the molecule is CCOC(=O)Nc1ccc(CNc2ccc(OC)cc2)cc1[N+](=O)[O-]. The van der Waals surface area contributed by atoms with Crippen LogP contribution in [0.4, 0.5) is 21.9 Å². The fourth-order valence-electron chi connectivity index (χ4n) is 2.13. The van der Waals surface area contributed by atoms with Crippen LogP contribution in [-0.2, 0) is 11.3 Å². The standard InChI is InChI=1S/C17H19N3O5/c1-3-25-17(21)19-15-9-4-12(10-16(15)20(22)23)11-18-13-5-7-14(24-2)8-6-13/h4-10,18H,3,11H2,1-2H3,(H,19,21). The molecule has 8 nitrogen and oxygen atoms in total. The van der Waals surface area contributed by atoms with Crippen molar-refractivity contribution < 1.29 is 19.2 Å². The van der Waals surface area contributed by atoms with Crippen molar-refractivity contribution in [1.82, 2.24) is 0 Å². The number of nitro benzene ring substituents is 1. The molecule has 8 heteroatoms. The number of benzene rings is 2. The number of hydrogen-bond acceptors (Lipinski definition) is 6. The van der Waals surface area contributed by atoms with Crippen molar-refractivity contribution in [2.45, 2.75) is 13.5 Å². The van der Waals surface area contributed by atoms with Gasteiger partial charge in [-0.05, 0) is 42.8 Å². The van der Waals surface area contributed by atoms with E-state index in [-0.39, 0.29) is 18.0 Å². The summed E-state index contributed by atoms with van der Waals surface area (Å²) in [5.41, 5.74) is 1.47. The summed E-state index contributed by atoms with van der Waals surface area (Å²) in [4.78, 5) is 22.2. The van der Waals surface area contributed by atoms with Crippen molar-refractivity contribution in [3.8, 4) is 5.75 Å². The Morgan fingerprint density at radius 3 is 2.52 bits per heavy atom. The summed E-state index contributed by atoms with van der Waals surface area (Å²) in [6.07, 6.45) is -0.727. The molecule has 0 atom stereocenters. The average Bonchev–Trinajstić information content (AvgIpc) is 2.61. The lowest BCUT2D eigenvalue weighted by Crippen LogP contribution is -2.14. The molecule has 0 spiro atoms. The van der Waals surface area contributed by atoms with Crippen LogP contribution in [0, 0.1) is 10.1 Å². The lowest BCUT2D eigenvalue weighted by molar-refractivity contribution is -0.384. The second-order valence-corrected chi connectivity index (χ2v) is 5.04. The zero-order valence-corrected chi connectivity index (χ0v) is 13.9. The molecule has 0 unspecified atom stereocenters. The number of hydrogen-bond donors (Lipinski definition) is 2. The lowest BCUT2D eigenvalue weighted by Gasteiger charge is -2.10. The van der Waals surface area contributed by atoms with Gasteiger partial charge in [0.25, 0.3) is 5.69 Å². The Bertz CT molecular complexity index is 746. The quantitative estimate of drug-likeness (QED) is 0.585. The predicted octanol–water partition coefficient (Wildman–Crippen LogP) is 3.78. The van der Waals surface area contributed by atoms with Gasteiger partial charge in [0.2, 0.25) is 0 Å². The number of methoxy groups -OCH3 is 1. The molecule has 0 bridgehead atoms. The number of carbonyl (C=O) groups is 1. The van der Waals surface area contributed by atoms with E-state index in [0.717, 1.165) is 11.4 Å². The number of nitrogens with zero attached hydrogens (tertiary/aromatic N) is 1. The van der Waals surface area contributed by atoms with Crippen molar-refractivity contribution >= 4 is 23.2 Å². The molecule has 0 aliphatic rings. The van der Waals surface area contributed by atoms with Crippen LogP contribution in [0.5, 0.6) is 5.75 Å². The van der Waals surface area contributed by atoms with Crippen LogP contribution in [-0.4, -0.2) is 24.7 Å². The Morgan fingerprint density at radius 2 is 1.92 bits per heavy atom. The number of nitrogens with one attached hydrogen (secondary N) is 2. The van der Waals surface area contributed by atoms with Crippen LogP contribution >= 0.6 is 0 Å². The van der Waals surface area contributed by atoms with Gasteiger partial charge in [-0.1, -0.05) is 6.07 Å². The minimum Gasteiger partial charge on any atom is -0.497 e. The second-order valence-electron chi connectivity index (χ2n) is 5.04. The molecule has 2 aromatic rings. The summed E-state index contributed by atoms with van der Waals surface area (Å²) >= 11 is 0. The molecule has 0 saturated heterocycles. The summed E-state index contributed by atoms with van der Waals surface area (Å²) in [6, 6.07) is 11.9. The lowest BCUT2D eigenvalue weighted by atomic mass is 10.1. The van der Waals surface area contributed by atoms with Crippen LogP contribution in [0.1, 0.15) is 12.5 Å². The molecule has 25 heavy (non-hydrogen) atoms. The summed E-state index contributed by atoms with van der Waals surface area (Å²) in [6.45, 7) is 2.23. The summed E-state index contributed by atoms with van der Waals surface area (Å²) in [7, 11) is 1.59. The highest BCUT2D eigenvalue weighted by Crippen LogP contribution is 2.26. The van der Waals surface area contributed by atoms with Gasteiger partial charge in [0.05, 0.1) is 18.6 Å². The molecular formula is C17H19N3O5. The van der Waals surface area contributed by atoms with Gasteiger partial charge < -0.3 is 14.8 Å². The molecule has 1 amide bonds. The van der Waals surface area contributed by atoms with Gasteiger partial charge in [-0.3, -0.25) is 15.4 Å². The van der Waals surface area contributed by atoms with E-state index in [1.807, 2.05) is 24.3 Å². The third kappa shape index (κ3) is 5.10. The Morgan fingerprint density at radius 1 is 1.20 bits per heavy atom. The smallest absolute Gasteiger partial charge is 0.411 e. The number of nitro groups is 1. The topological polar surface area (TPSA) is 103 Å². The van der Waals surface area contributed by atoms with Gasteiger partial charge in [-0.15, -0.1) is 0 Å². The van der Waals surface area contributed by atoms with Crippen molar-refractivity contribution in [2.24, 2.45) is 0 Å². The number of rotatable bonds is 7. The van der Waals surface area contributed by atoms with E-state index in [9.17, 15) is 14.9 Å². The van der Waals surface area contributed by atoms with Crippen molar-refractivity contribution in [2.75, 3.05) is 24.4 Å². The molecule has 0 aliphatic heterocycles. The zero-order valence-electron chi connectivity index (χ0n) is 13.9. The van der Waals surface area contributed by atoms with Crippen LogP contribution in [0.25, 0.3) is 0 Å². The van der Waals surface area contributed by atoms with Crippen LogP contribution < -0.4 is 15.4 Å². The van der Waals surface area contributed by atoms with E-state index >= 15 is 0 Å². The normalized spacial score (nSPS) is 10.0. The molecule has 0 aliphatic carbocycles.